The Morgan fingerprint density at radius 1 is 1.06 bits per heavy atom. The third-order valence-electron chi connectivity index (χ3n) is 8.44. The molecule has 176 valence electrons. The molecule has 4 atom stereocenters. The second-order valence-electron chi connectivity index (χ2n) is 10.2. The fourth-order valence-corrected chi connectivity index (χ4v) is 8.81. The van der Waals surface area contributed by atoms with Crippen molar-refractivity contribution in [3.63, 3.8) is 0 Å². The fraction of sp³-hybridized carbons (Fsp3) is 0.414. The van der Waals surface area contributed by atoms with Crippen molar-refractivity contribution in [3.05, 3.63) is 92.1 Å². The van der Waals surface area contributed by atoms with Crippen LogP contribution < -0.4 is 5.32 Å². The number of hydrogen-bond donors (Lipinski definition) is 1. The summed E-state index contributed by atoms with van der Waals surface area (Å²) in [5.74, 6) is 0.847. The molecule has 3 aliphatic rings. The molecule has 0 saturated carbocycles. The molecule has 1 spiro atoms. The number of nitrogens with one attached hydrogen (secondary N) is 1. The molecule has 3 nitrogen and oxygen atoms in total. The summed E-state index contributed by atoms with van der Waals surface area (Å²) in [7, 11) is 0. The maximum atomic E-state index is 14.4. The summed E-state index contributed by atoms with van der Waals surface area (Å²) in [5, 5.41) is 5.87. The number of thiophene rings is 1. The minimum Gasteiger partial charge on any atom is -0.335 e. The smallest absolute Gasteiger partial charge is 0.228 e. The van der Waals surface area contributed by atoms with Gasteiger partial charge in [-0.25, -0.2) is 0 Å². The molecule has 0 radical (unpaired) electrons. The lowest BCUT2D eigenvalue weighted by Gasteiger charge is -2.44. The normalized spacial score (nSPS) is 28.7. The molecule has 1 aromatic heterocycles. The number of benzene rings is 2. The van der Waals surface area contributed by atoms with Crippen LogP contribution in [0.25, 0.3) is 0 Å². The van der Waals surface area contributed by atoms with E-state index >= 15 is 0 Å². The van der Waals surface area contributed by atoms with Gasteiger partial charge in [0.05, 0.1) is 12.0 Å². The Labute approximate surface area is 214 Å². The second-order valence-corrected chi connectivity index (χ2v) is 11.9. The minimum atomic E-state index is -0.0567. The largest absolute Gasteiger partial charge is 0.335 e. The van der Waals surface area contributed by atoms with Crippen molar-refractivity contribution in [2.24, 2.45) is 5.92 Å². The molecular formula is C29H31BrN2OS. The van der Waals surface area contributed by atoms with Gasteiger partial charge in [0.25, 0.3) is 0 Å². The van der Waals surface area contributed by atoms with Gasteiger partial charge in [-0.1, -0.05) is 60.7 Å². The number of hydrogen-bond acceptors (Lipinski definition) is 3. The van der Waals surface area contributed by atoms with Crippen molar-refractivity contribution in [1.29, 1.82) is 0 Å². The minimum absolute atomic E-state index is 0.0107. The lowest BCUT2D eigenvalue weighted by Crippen LogP contribution is -2.50. The van der Waals surface area contributed by atoms with Gasteiger partial charge in [0.1, 0.15) is 0 Å². The van der Waals surface area contributed by atoms with Gasteiger partial charge in [-0.05, 0) is 70.6 Å². The summed E-state index contributed by atoms with van der Waals surface area (Å²) >= 11 is 5.63. The first-order valence-corrected chi connectivity index (χ1v) is 14.2. The lowest BCUT2D eigenvalue weighted by atomic mass is 9.68. The van der Waals surface area contributed by atoms with Crippen LogP contribution in [0.5, 0.6) is 0 Å². The van der Waals surface area contributed by atoms with Crippen LogP contribution in [-0.2, 0) is 16.6 Å². The monoisotopic (exact) mass is 534 g/mol. The molecule has 3 heterocycles. The predicted molar refractivity (Wildman–Crippen MR) is 142 cm³/mol. The molecule has 3 aromatic rings. The molecule has 1 aliphatic carbocycles. The number of likely N-dealkylation sites (tertiary alicyclic amines) is 1. The van der Waals surface area contributed by atoms with E-state index in [9.17, 15) is 4.79 Å². The van der Waals surface area contributed by atoms with Crippen molar-refractivity contribution in [1.82, 2.24) is 10.2 Å². The molecule has 1 N–H and O–H groups in total. The van der Waals surface area contributed by atoms with Gasteiger partial charge in [-0.3, -0.25) is 4.79 Å². The summed E-state index contributed by atoms with van der Waals surface area (Å²) in [6.45, 7) is 2.53. The molecule has 2 aromatic carbocycles. The fourth-order valence-electron chi connectivity index (χ4n) is 6.74. The van der Waals surface area contributed by atoms with Gasteiger partial charge < -0.3 is 10.2 Å². The number of fused-ring (bicyclic) bond motifs is 2. The first-order chi connectivity index (χ1) is 16.7. The average Bonchev–Trinajstić information content (AvgIpc) is 3.49. The zero-order valence-electron chi connectivity index (χ0n) is 19.4. The van der Waals surface area contributed by atoms with Gasteiger partial charge in [-0.2, -0.15) is 0 Å². The van der Waals surface area contributed by atoms with Crippen LogP contribution in [0.4, 0.5) is 0 Å². The number of nitrogens with zero attached hydrogens (tertiary/aromatic N) is 1. The van der Waals surface area contributed by atoms with E-state index in [0.717, 1.165) is 51.7 Å². The zero-order chi connectivity index (χ0) is 23.1. The van der Waals surface area contributed by atoms with Crippen LogP contribution in [0.1, 0.15) is 59.2 Å². The molecule has 0 unspecified atom stereocenters. The topological polar surface area (TPSA) is 32.3 Å². The summed E-state index contributed by atoms with van der Waals surface area (Å²) in [4.78, 5) is 18.1. The maximum Gasteiger partial charge on any atom is 0.228 e. The quantitative estimate of drug-likeness (QED) is 0.418. The van der Waals surface area contributed by atoms with Gasteiger partial charge in [0.15, 0.2) is 0 Å². The van der Waals surface area contributed by atoms with E-state index in [0.29, 0.717) is 11.8 Å². The Morgan fingerprint density at radius 3 is 2.56 bits per heavy atom. The van der Waals surface area contributed by atoms with Gasteiger partial charge in [-0.15, -0.1) is 11.3 Å². The van der Waals surface area contributed by atoms with Crippen LogP contribution in [0.3, 0.4) is 0 Å². The van der Waals surface area contributed by atoms with Crippen molar-refractivity contribution < 1.29 is 4.79 Å². The highest BCUT2D eigenvalue weighted by Gasteiger charge is 2.53. The molecule has 2 aliphatic heterocycles. The summed E-state index contributed by atoms with van der Waals surface area (Å²) in [5.41, 5.74) is 4.05. The van der Waals surface area contributed by atoms with Crippen LogP contribution in [0.15, 0.2) is 70.5 Å². The molecule has 2 saturated heterocycles. The standard InChI is InChI=1S/C29H31BrN2OS/c30-25-18-34-27-23(25)12-7-14-29(27)19-31-17-24(29)28(33)32-15-13-22(20-8-3-1-4-9-20)16-26(32)21-10-5-2-6-11-21/h1-6,8-11,18,22,24,26,31H,7,12-17,19H2/t22-,24+,26+,29-/m1/s1. The van der Waals surface area contributed by atoms with Crippen LogP contribution >= 0.6 is 27.3 Å². The van der Waals surface area contributed by atoms with Crippen molar-refractivity contribution in [2.45, 2.75) is 49.5 Å². The van der Waals surface area contributed by atoms with Crippen LogP contribution in [-0.4, -0.2) is 30.4 Å². The summed E-state index contributed by atoms with van der Waals surface area (Å²) in [6.07, 6.45) is 5.40. The van der Waals surface area contributed by atoms with E-state index in [1.165, 1.54) is 26.0 Å². The van der Waals surface area contributed by atoms with E-state index in [1.807, 2.05) is 11.3 Å². The van der Waals surface area contributed by atoms with Gasteiger partial charge >= 0.3 is 0 Å². The summed E-state index contributed by atoms with van der Waals surface area (Å²) < 4.78 is 1.23. The first kappa shape index (κ1) is 22.5. The van der Waals surface area contributed by atoms with Crippen LogP contribution in [0.2, 0.25) is 0 Å². The van der Waals surface area contributed by atoms with E-state index in [2.05, 4.69) is 92.2 Å². The first-order valence-electron chi connectivity index (χ1n) is 12.5. The highest BCUT2D eigenvalue weighted by atomic mass is 79.9. The molecular weight excluding hydrogens is 504 g/mol. The Balaban J connectivity index is 1.34. The predicted octanol–water partition coefficient (Wildman–Crippen LogP) is 6.45. The number of amides is 1. The zero-order valence-corrected chi connectivity index (χ0v) is 21.8. The Kier molecular flexibility index (Phi) is 6.13. The SMILES string of the molecule is O=C([C@@H]1CNC[C@]12CCCc1c(Br)csc12)N1CC[C@@H](c2ccccc2)C[C@H]1c1ccccc1. The summed E-state index contributed by atoms with van der Waals surface area (Å²) in [6, 6.07) is 21.7. The maximum absolute atomic E-state index is 14.4. The average molecular weight is 536 g/mol. The van der Waals surface area contributed by atoms with Gasteiger partial charge in [0, 0.05) is 39.8 Å². The molecule has 2 fully saturated rings. The molecule has 0 bridgehead atoms. The molecule has 5 heteroatoms. The van der Waals surface area contributed by atoms with Crippen LogP contribution in [0, 0.1) is 5.92 Å². The Hall–Kier alpha value is -1.95. The van der Waals surface area contributed by atoms with E-state index in [-0.39, 0.29) is 17.4 Å². The Bertz CT molecular complexity index is 1160. The lowest BCUT2D eigenvalue weighted by molar-refractivity contribution is -0.141. The van der Waals surface area contributed by atoms with Crippen molar-refractivity contribution >= 4 is 33.2 Å². The van der Waals surface area contributed by atoms with E-state index in [4.69, 9.17) is 0 Å². The van der Waals surface area contributed by atoms with Crippen molar-refractivity contribution in [3.8, 4) is 0 Å². The van der Waals surface area contributed by atoms with Crippen molar-refractivity contribution in [2.75, 3.05) is 19.6 Å². The highest BCUT2D eigenvalue weighted by molar-refractivity contribution is 9.10. The number of rotatable bonds is 3. The number of piperidine rings is 1. The van der Waals surface area contributed by atoms with E-state index < -0.39 is 0 Å². The van der Waals surface area contributed by atoms with E-state index in [1.54, 1.807) is 0 Å². The van der Waals surface area contributed by atoms with Gasteiger partial charge in [0.2, 0.25) is 5.91 Å². The number of halogens is 1. The third-order valence-corrected chi connectivity index (χ3v) is 10.7. The number of carbonyl (C=O) groups excluding carboxylic acids is 1. The molecule has 6 rings (SSSR count). The molecule has 34 heavy (non-hydrogen) atoms. The second kappa shape index (κ2) is 9.25. The molecule has 1 amide bonds. The third kappa shape index (κ3) is 3.77. The Morgan fingerprint density at radius 2 is 1.79 bits per heavy atom. The number of carbonyl (C=O) groups is 1. The highest BCUT2D eigenvalue weighted by Crippen LogP contribution is 2.51.